The maximum atomic E-state index is 12.6. The van der Waals surface area contributed by atoms with Gasteiger partial charge in [-0.1, -0.05) is 12.1 Å². The summed E-state index contributed by atoms with van der Waals surface area (Å²) in [6, 6.07) is 7.71. The fraction of sp³-hybridized carbons (Fsp3) is 0.556. The van der Waals surface area contributed by atoms with Crippen LogP contribution in [0.2, 0.25) is 0 Å². The van der Waals surface area contributed by atoms with Gasteiger partial charge in [-0.15, -0.1) is 0 Å². The van der Waals surface area contributed by atoms with Crippen LogP contribution in [0.3, 0.4) is 0 Å². The molecule has 0 bridgehead atoms. The minimum absolute atomic E-state index is 0.112. The first kappa shape index (κ1) is 18.3. The first-order valence-electron chi connectivity index (χ1n) is 8.59. The molecule has 1 aromatic carbocycles. The van der Waals surface area contributed by atoms with Crippen LogP contribution in [0.25, 0.3) is 0 Å². The van der Waals surface area contributed by atoms with E-state index in [0.29, 0.717) is 19.5 Å². The number of nitrogens with one attached hydrogen (secondary N) is 1. The molecule has 1 heterocycles. The van der Waals surface area contributed by atoms with E-state index in [1.807, 2.05) is 43.0 Å². The van der Waals surface area contributed by atoms with E-state index in [4.69, 9.17) is 10.5 Å². The molecule has 2 rings (SSSR count). The van der Waals surface area contributed by atoms with Gasteiger partial charge in [-0.05, 0) is 31.5 Å². The molecule has 1 aromatic rings. The van der Waals surface area contributed by atoms with Gasteiger partial charge in [0.15, 0.2) is 6.54 Å². The molecule has 1 aliphatic heterocycles. The molecule has 2 amide bonds. The van der Waals surface area contributed by atoms with Crippen molar-refractivity contribution in [3.8, 4) is 5.75 Å². The molecule has 0 saturated carbocycles. The number of benzene rings is 1. The van der Waals surface area contributed by atoms with Crippen LogP contribution in [-0.2, 0) is 16.0 Å². The summed E-state index contributed by atoms with van der Waals surface area (Å²) in [4.78, 5) is 26.7. The molecule has 0 spiro atoms. The number of nitrogens with zero attached hydrogens (tertiary/aromatic N) is 1. The smallest absolute Gasteiger partial charge is 0.272 e. The summed E-state index contributed by atoms with van der Waals surface area (Å²) in [5, 5.41) is 0. The molecule has 6 heteroatoms. The highest BCUT2D eigenvalue weighted by Crippen LogP contribution is 2.16. The molecule has 1 atom stereocenters. The van der Waals surface area contributed by atoms with E-state index in [9.17, 15) is 9.59 Å². The van der Waals surface area contributed by atoms with Crippen LogP contribution in [0.15, 0.2) is 24.3 Å². The maximum absolute atomic E-state index is 12.6. The van der Waals surface area contributed by atoms with Crippen molar-refractivity contribution >= 4 is 11.8 Å². The number of rotatable bonds is 6. The summed E-state index contributed by atoms with van der Waals surface area (Å²) in [6.45, 7) is 7.36. The molecule has 0 aliphatic carbocycles. The molecule has 1 saturated heterocycles. The van der Waals surface area contributed by atoms with E-state index < -0.39 is 0 Å². The number of amides is 2. The third-order valence-corrected chi connectivity index (χ3v) is 4.10. The van der Waals surface area contributed by atoms with E-state index in [2.05, 4.69) is 0 Å². The van der Waals surface area contributed by atoms with E-state index in [1.54, 1.807) is 0 Å². The SMILES string of the molecule is CC(C)Oc1cccc(CC(=O)N2CCC[NH+](CC(N)=O)CC2)c1. The van der Waals surface area contributed by atoms with Crippen LogP contribution >= 0.6 is 0 Å². The molecular formula is C18H28N3O3+. The lowest BCUT2D eigenvalue weighted by molar-refractivity contribution is -0.889. The molecular weight excluding hydrogens is 306 g/mol. The zero-order valence-electron chi connectivity index (χ0n) is 14.6. The van der Waals surface area contributed by atoms with Crippen LogP contribution in [0.4, 0.5) is 0 Å². The van der Waals surface area contributed by atoms with Crippen LogP contribution in [0, 0.1) is 0 Å². The lowest BCUT2D eigenvalue weighted by Gasteiger charge is -2.20. The Labute approximate surface area is 143 Å². The minimum Gasteiger partial charge on any atom is -0.491 e. The Bertz CT molecular complexity index is 574. The Morgan fingerprint density at radius 3 is 2.79 bits per heavy atom. The van der Waals surface area contributed by atoms with Crippen LogP contribution in [-0.4, -0.2) is 55.5 Å². The van der Waals surface area contributed by atoms with Crippen molar-refractivity contribution in [2.24, 2.45) is 5.73 Å². The zero-order chi connectivity index (χ0) is 17.5. The molecule has 1 unspecified atom stereocenters. The second-order valence-electron chi connectivity index (χ2n) is 6.62. The second-order valence-corrected chi connectivity index (χ2v) is 6.62. The molecule has 24 heavy (non-hydrogen) atoms. The maximum Gasteiger partial charge on any atom is 0.272 e. The van der Waals surface area contributed by atoms with Crippen molar-refractivity contribution in [2.75, 3.05) is 32.7 Å². The Balaban J connectivity index is 1.91. The Kier molecular flexibility index (Phi) is 6.61. The molecule has 132 valence electrons. The van der Waals surface area contributed by atoms with Gasteiger partial charge < -0.3 is 20.3 Å². The van der Waals surface area contributed by atoms with Crippen molar-refractivity contribution in [3.63, 3.8) is 0 Å². The standard InChI is InChI=1S/C18H27N3O3/c1-14(2)24-16-6-3-5-15(11-16)12-18(23)21-8-4-7-20(9-10-21)13-17(19)22/h3,5-6,11,14H,4,7-10,12-13H2,1-2H3,(H2,19,22)/p+1. The third kappa shape index (κ3) is 5.85. The molecule has 0 radical (unpaired) electrons. The number of quaternary nitrogens is 1. The largest absolute Gasteiger partial charge is 0.491 e. The molecule has 3 N–H and O–H groups in total. The van der Waals surface area contributed by atoms with Gasteiger partial charge in [-0.2, -0.15) is 0 Å². The highest BCUT2D eigenvalue weighted by atomic mass is 16.5. The van der Waals surface area contributed by atoms with Gasteiger partial charge in [-0.25, -0.2) is 0 Å². The number of nitrogens with two attached hydrogens (primary N) is 1. The van der Waals surface area contributed by atoms with Crippen LogP contribution in [0.1, 0.15) is 25.8 Å². The van der Waals surface area contributed by atoms with Crippen molar-refractivity contribution in [1.29, 1.82) is 0 Å². The first-order chi connectivity index (χ1) is 11.4. The van der Waals surface area contributed by atoms with Gasteiger partial charge in [0.1, 0.15) is 5.75 Å². The predicted octanol–water partition coefficient (Wildman–Crippen LogP) is -0.381. The summed E-state index contributed by atoms with van der Waals surface area (Å²) in [5.41, 5.74) is 6.23. The fourth-order valence-electron chi connectivity index (χ4n) is 3.01. The number of hydrogen-bond acceptors (Lipinski definition) is 3. The highest BCUT2D eigenvalue weighted by Gasteiger charge is 2.22. The summed E-state index contributed by atoms with van der Waals surface area (Å²) < 4.78 is 5.68. The number of hydrogen-bond donors (Lipinski definition) is 2. The van der Waals surface area contributed by atoms with Crippen molar-refractivity contribution < 1.29 is 19.2 Å². The number of carbonyl (C=O) groups is 2. The molecule has 1 aliphatic rings. The third-order valence-electron chi connectivity index (χ3n) is 4.10. The lowest BCUT2D eigenvalue weighted by atomic mass is 10.1. The quantitative estimate of drug-likeness (QED) is 0.744. The molecule has 1 fully saturated rings. The fourth-order valence-corrected chi connectivity index (χ4v) is 3.01. The van der Waals surface area contributed by atoms with Gasteiger partial charge in [0.2, 0.25) is 5.91 Å². The van der Waals surface area contributed by atoms with E-state index in [-0.39, 0.29) is 17.9 Å². The average molecular weight is 334 g/mol. The van der Waals surface area contributed by atoms with Gasteiger partial charge in [0.05, 0.1) is 32.2 Å². The summed E-state index contributed by atoms with van der Waals surface area (Å²) in [6.07, 6.45) is 1.38. The summed E-state index contributed by atoms with van der Waals surface area (Å²) >= 11 is 0. The molecule has 6 nitrogen and oxygen atoms in total. The van der Waals surface area contributed by atoms with E-state index in [1.165, 1.54) is 0 Å². The van der Waals surface area contributed by atoms with E-state index >= 15 is 0 Å². The zero-order valence-corrected chi connectivity index (χ0v) is 14.6. The van der Waals surface area contributed by atoms with Gasteiger partial charge >= 0.3 is 0 Å². The van der Waals surface area contributed by atoms with Crippen LogP contribution < -0.4 is 15.4 Å². The average Bonchev–Trinajstić information content (AvgIpc) is 2.72. The predicted molar refractivity (Wildman–Crippen MR) is 91.9 cm³/mol. The highest BCUT2D eigenvalue weighted by molar-refractivity contribution is 5.79. The summed E-state index contributed by atoms with van der Waals surface area (Å²) in [7, 11) is 0. The van der Waals surface area contributed by atoms with Crippen molar-refractivity contribution in [1.82, 2.24) is 4.90 Å². The van der Waals surface area contributed by atoms with E-state index in [0.717, 1.165) is 42.3 Å². The lowest BCUT2D eigenvalue weighted by Crippen LogP contribution is -3.13. The summed E-state index contributed by atoms with van der Waals surface area (Å²) in [5.74, 6) is 0.631. The number of ether oxygens (including phenoxy) is 1. The minimum atomic E-state index is -0.285. The second kappa shape index (κ2) is 8.68. The van der Waals surface area contributed by atoms with Gasteiger partial charge in [0, 0.05) is 13.0 Å². The number of carbonyl (C=O) groups excluding carboxylic acids is 2. The monoisotopic (exact) mass is 334 g/mol. The first-order valence-corrected chi connectivity index (χ1v) is 8.59. The number of primary amides is 1. The Morgan fingerprint density at radius 2 is 2.08 bits per heavy atom. The molecule has 0 aromatic heterocycles. The van der Waals surface area contributed by atoms with Crippen molar-refractivity contribution in [3.05, 3.63) is 29.8 Å². The Hall–Kier alpha value is -2.08. The normalized spacial score (nSPS) is 18.3. The van der Waals surface area contributed by atoms with Crippen LogP contribution in [0.5, 0.6) is 5.75 Å². The Morgan fingerprint density at radius 1 is 1.29 bits per heavy atom. The van der Waals surface area contributed by atoms with Gasteiger partial charge in [-0.3, -0.25) is 9.59 Å². The topological polar surface area (TPSA) is 77.1 Å². The van der Waals surface area contributed by atoms with Crippen molar-refractivity contribution in [2.45, 2.75) is 32.8 Å². The van der Waals surface area contributed by atoms with Gasteiger partial charge in [0.25, 0.3) is 5.91 Å².